The number of ether oxygens (including phenoxy) is 3. The zero-order valence-corrected chi connectivity index (χ0v) is 55.9. The summed E-state index contributed by atoms with van der Waals surface area (Å²) in [5.74, 6) is -1.64. The van der Waals surface area contributed by atoms with E-state index in [1.165, 1.54) is 6.66 Å². The molecule has 0 spiro atoms. The highest BCUT2D eigenvalue weighted by atomic mass is 79.9. The summed E-state index contributed by atoms with van der Waals surface area (Å²) in [6, 6.07) is 14.1. The highest BCUT2D eigenvalue weighted by Gasteiger charge is 2.39. The third kappa shape index (κ3) is 24.5. The number of esters is 1. The van der Waals surface area contributed by atoms with E-state index in [2.05, 4.69) is 59.6 Å². The van der Waals surface area contributed by atoms with Crippen LogP contribution in [0.3, 0.4) is 0 Å². The number of para-hydroxylation sites is 3. The Morgan fingerprint density at radius 2 is 1.63 bits per heavy atom. The molecule has 3 heterocycles. The second-order valence-corrected chi connectivity index (χ2v) is 25.8. The predicted octanol–water partition coefficient (Wildman–Crippen LogP) is 12.9. The number of aryl methyl sites for hydroxylation is 3. The Labute approximate surface area is 531 Å². The smallest absolute Gasteiger partial charge is 0.434 e. The van der Waals surface area contributed by atoms with Crippen molar-refractivity contribution in [3.63, 3.8) is 0 Å². The number of fused-ring (bicyclic) bond motifs is 1. The first kappa shape index (κ1) is 77.0. The lowest BCUT2D eigenvalue weighted by atomic mass is 10.0. The van der Waals surface area contributed by atoms with Crippen molar-refractivity contribution in [2.45, 2.75) is 123 Å². The topological polar surface area (TPSA) is 267 Å². The van der Waals surface area contributed by atoms with E-state index in [4.69, 9.17) is 87.9 Å². The quantitative estimate of drug-likeness (QED) is 0.0251. The summed E-state index contributed by atoms with van der Waals surface area (Å²) in [5, 5.41) is 18.1. The van der Waals surface area contributed by atoms with Crippen molar-refractivity contribution in [2.75, 3.05) is 66.0 Å². The van der Waals surface area contributed by atoms with Crippen LogP contribution in [0.5, 0.6) is 5.75 Å². The summed E-state index contributed by atoms with van der Waals surface area (Å²) < 4.78 is 80.0. The van der Waals surface area contributed by atoms with Crippen molar-refractivity contribution in [3.05, 3.63) is 97.6 Å². The van der Waals surface area contributed by atoms with Crippen LogP contribution in [0.1, 0.15) is 95.9 Å². The maximum Gasteiger partial charge on any atom is 0.434 e. The molecule has 4 atom stereocenters. The van der Waals surface area contributed by atoms with E-state index in [-0.39, 0.29) is 75.0 Å². The number of hydrogen-bond acceptors (Lipinski definition) is 15. The monoisotopic (exact) mass is 1390 g/mol. The van der Waals surface area contributed by atoms with Crippen molar-refractivity contribution in [1.29, 1.82) is 0 Å². The molecule has 0 fully saturated rings. The fourth-order valence-corrected chi connectivity index (χ4v) is 9.94. The summed E-state index contributed by atoms with van der Waals surface area (Å²) in [6.45, 7) is 22.1. The Kier molecular flexibility index (Phi) is 31.5. The minimum atomic E-state index is -4.69. The van der Waals surface area contributed by atoms with Crippen molar-refractivity contribution in [3.8, 4) is 17.0 Å². The molecule has 0 aliphatic carbocycles. The number of nitrogens with one attached hydrogen (secondary N) is 2. The van der Waals surface area contributed by atoms with Gasteiger partial charge in [0.15, 0.2) is 17.9 Å². The van der Waals surface area contributed by atoms with Crippen LogP contribution in [-0.2, 0) is 48.1 Å². The van der Waals surface area contributed by atoms with Gasteiger partial charge in [0, 0.05) is 44.6 Å². The van der Waals surface area contributed by atoms with Gasteiger partial charge in [0.2, 0.25) is 23.1 Å². The van der Waals surface area contributed by atoms with Crippen molar-refractivity contribution in [2.24, 2.45) is 12.8 Å². The molecule has 20 nitrogen and oxygen atoms in total. The number of carboxylic acid groups (broad SMARTS) is 1. The van der Waals surface area contributed by atoms with Crippen LogP contribution in [-0.4, -0.2) is 139 Å². The fraction of sp³-hybridized carbons (Fsp3) is 0.491. The van der Waals surface area contributed by atoms with E-state index >= 15 is 0 Å². The summed E-state index contributed by atoms with van der Waals surface area (Å²) in [5.41, 5.74) is 7.06. The molecule has 0 saturated carbocycles. The third-order valence-corrected chi connectivity index (χ3v) is 14.3. The molecule has 478 valence electrons. The van der Waals surface area contributed by atoms with E-state index in [1.807, 2.05) is 84.9 Å². The van der Waals surface area contributed by atoms with Crippen molar-refractivity contribution >= 4 is 128 Å². The molecule has 2 aromatic heterocycles. The Bertz CT molecular complexity index is 3120. The number of halogens is 10. The number of carbonyl (C=O) groups excluding carboxylic acids is 3. The number of nitrogens with two attached hydrogens (primary N) is 1. The first-order chi connectivity index (χ1) is 39.8. The first-order valence-electron chi connectivity index (χ1n) is 26.3. The Morgan fingerprint density at radius 1 is 1.01 bits per heavy atom. The van der Waals surface area contributed by atoms with Gasteiger partial charge in [-0.2, -0.15) is 33.2 Å². The van der Waals surface area contributed by atoms with Crippen molar-refractivity contribution in [1.82, 2.24) is 24.7 Å². The lowest BCUT2D eigenvalue weighted by Gasteiger charge is -2.35. The van der Waals surface area contributed by atoms with Crippen LogP contribution in [0.25, 0.3) is 11.3 Å². The average Bonchev–Trinajstić information content (AvgIpc) is 2.68. The Morgan fingerprint density at radius 3 is 2.14 bits per heavy atom. The molecule has 5 aromatic rings. The van der Waals surface area contributed by atoms with Crippen molar-refractivity contribution < 1.29 is 65.5 Å². The lowest BCUT2D eigenvalue weighted by molar-refractivity contribution is -0.144. The lowest BCUT2D eigenvalue weighted by Crippen LogP contribution is -2.47. The molecule has 0 saturated heterocycles. The largest absolute Gasteiger partial charge is 0.489 e. The van der Waals surface area contributed by atoms with Gasteiger partial charge in [0.25, 0.3) is 5.91 Å². The zero-order valence-electron chi connectivity index (χ0n) is 49.6. The van der Waals surface area contributed by atoms with Gasteiger partial charge in [-0.1, -0.05) is 72.1 Å². The number of rotatable bonds is 17. The van der Waals surface area contributed by atoms with E-state index in [0.29, 0.717) is 35.5 Å². The number of methoxy groups -OCH3 is 1. The van der Waals surface area contributed by atoms with Crippen LogP contribution in [0, 0.1) is 12.7 Å². The maximum absolute atomic E-state index is 14.3. The minimum Gasteiger partial charge on any atom is -0.489 e. The summed E-state index contributed by atoms with van der Waals surface area (Å²) >= 11 is 31.5. The average molecular weight is 1400 g/mol. The molecule has 0 radical (unpaired) electrons. The first-order valence-corrected chi connectivity index (χ1v) is 31.6. The van der Waals surface area contributed by atoms with Gasteiger partial charge < -0.3 is 50.4 Å². The molecule has 3 aromatic carbocycles. The van der Waals surface area contributed by atoms with E-state index in [1.54, 1.807) is 30.8 Å². The number of carbonyl (C=O) groups is 4. The number of amides is 2. The Balaban J connectivity index is 0.000000376. The number of nitrogens with zero attached hydrogens (tertiary/aromatic N) is 7. The molecule has 1 aliphatic rings. The van der Waals surface area contributed by atoms with E-state index in [0.717, 1.165) is 54.6 Å². The Hall–Kier alpha value is -5.08. The predicted molar refractivity (Wildman–Crippen MR) is 335 cm³/mol. The normalized spacial score (nSPS) is 14.1. The van der Waals surface area contributed by atoms with Gasteiger partial charge in [-0.05, 0) is 138 Å². The molecule has 6 rings (SSSR count). The number of hydrogen-bond donors (Lipinski definition) is 5. The number of carboxylic acids is 1. The minimum absolute atomic E-state index is 0.0223. The second-order valence-electron chi connectivity index (χ2n) is 20.3. The molecule has 86 heavy (non-hydrogen) atoms. The molecule has 1 aliphatic heterocycles. The molecule has 31 heteroatoms. The molecule has 6 N–H and O–H groups in total. The maximum atomic E-state index is 14.3. The van der Waals surface area contributed by atoms with Crippen LogP contribution >= 0.6 is 81.3 Å². The van der Waals surface area contributed by atoms with Gasteiger partial charge in [0.1, 0.15) is 35.8 Å². The van der Waals surface area contributed by atoms with Crippen LogP contribution in [0.15, 0.2) is 59.1 Å². The highest BCUT2D eigenvalue weighted by Crippen LogP contribution is 2.42. The van der Waals surface area contributed by atoms with Gasteiger partial charge >= 0.3 is 18.1 Å². The third-order valence-electron chi connectivity index (χ3n) is 11.4. The number of aromatic nitrogens is 5. The van der Waals surface area contributed by atoms with Crippen LogP contribution < -0.4 is 30.9 Å². The van der Waals surface area contributed by atoms with Gasteiger partial charge in [0.05, 0.1) is 51.2 Å². The number of aliphatic carboxylic acids is 1. The van der Waals surface area contributed by atoms with Crippen LogP contribution in [0.4, 0.5) is 40.8 Å². The molecule has 2 amide bonds. The highest BCUT2D eigenvalue weighted by molar-refractivity contribution is 9.10. The van der Waals surface area contributed by atoms with E-state index < -0.39 is 58.4 Å². The second kappa shape index (κ2) is 35.2. The number of benzene rings is 3. The van der Waals surface area contributed by atoms with E-state index in [9.17, 15) is 41.3 Å². The van der Waals surface area contributed by atoms with Crippen LogP contribution in [0.2, 0.25) is 10.3 Å². The molecular weight excluding hydrogens is 1320 g/mol. The summed E-state index contributed by atoms with van der Waals surface area (Å²) in [7, 11) is -0.383. The fourth-order valence-electron chi connectivity index (χ4n) is 7.69. The summed E-state index contributed by atoms with van der Waals surface area (Å²) in [6.07, 6.45) is -4.26. The number of anilines is 4. The summed E-state index contributed by atoms with van der Waals surface area (Å²) in [4.78, 5) is 69.4. The molecule has 0 bridgehead atoms. The standard InChI is InChI=1S/C15H12BrClF4N2O2.C15H22ClNO2.C11H11Cl2NO2.C9H16ClN5.C5H12NO4P/c1-6(2)25-14(24)7-4-8(10(18)5-9(7)17)12-11(16)13(15(19,20)21)23(3)22-12;1-5-13-8-6-7-11(2)15(13)17(14(18)9-16)12(3)10-19-4;1-7-6-16-9-5-3-2-4-8(9)14(7)11(15)10(12)13;1-5-11-7-12-6(10)13-8(14-7)15-9(2,3)4;1-11(9,10)3-2-4(6)5(7)8/h4-6H,1-3H3;6-8,12H,5,9-10H2,1-4H3;2-5,7,10H,6H2,1H3;5H2,1-4H3,(H2,11,12,13,14,15);4H,2-3,6H2,1H3,(H,7,8)(H,9,10). The SMILES string of the molecule is CC(C)OC(=O)c1cc(-c2nn(C)c(C(F)(F)F)c2Br)c(F)cc1Cl.CC1COc2ccccc2N1C(=O)C(Cl)Cl.CCNc1nc(Cl)nc(NC(C)(C)C)n1.CCc1cccc(C)c1N(C(=O)CCl)C(C)COC.CP(=O)(O)CCC(N)C(=O)O. The van der Waals surface area contributed by atoms with Gasteiger partial charge in [-0.15, -0.1) is 11.6 Å². The molecule has 4 unspecified atom stereocenters. The number of alkyl halides is 6. The van der Waals surface area contributed by atoms with Gasteiger partial charge in [-0.25, -0.2) is 9.18 Å². The molecular formula is C55H73BrCl5F4N10O10P. The zero-order chi connectivity index (χ0) is 65.8. The van der Waals surface area contributed by atoms with Gasteiger partial charge in [-0.3, -0.25) is 23.6 Å².